The molecule has 4 heteroatoms. The van der Waals surface area contributed by atoms with Crippen LogP contribution < -0.4 is 21.2 Å². The van der Waals surface area contributed by atoms with Gasteiger partial charge in [-0.15, -0.1) is 0 Å². The van der Waals surface area contributed by atoms with Crippen molar-refractivity contribution in [3.05, 3.63) is 0 Å². The van der Waals surface area contributed by atoms with Crippen molar-refractivity contribution >= 4 is 0 Å². The van der Waals surface area contributed by atoms with Gasteiger partial charge >= 0.3 is 110 Å². The summed E-state index contributed by atoms with van der Waals surface area (Å²) in [5.74, 6) is 0. The van der Waals surface area contributed by atoms with Gasteiger partial charge in [0.05, 0.1) is 0 Å². The van der Waals surface area contributed by atoms with Gasteiger partial charge in [-0.05, 0) is 6.42 Å². The van der Waals surface area contributed by atoms with E-state index in [9.17, 15) is 0 Å². The second kappa shape index (κ2) is 11.4. The van der Waals surface area contributed by atoms with Crippen LogP contribution in [0, 0.1) is 0 Å². The van der Waals surface area contributed by atoms with Crippen LogP contribution in [-0.2, 0) is 4.74 Å². The van der Waals surface area contributed by atoms with E-state index < -0.39 is 0 Å². The molecule has 110 valence electrons. The Bertz CT molecular complexity index is 185. The first kappa shape index (κ1) is 16.7. The van der Waals surface area contributed by atoms with E-state index in [1.807, 2.05) is 0 Å². The molecule has 1 heterocycles. The Hall–Kier alpha value is 0.610. The van der Waals surface area contributed by atoms with Crippen molar-refractivity contribution in [2.45, 2.75) is 26.2 Å². The Morgan fingerprint density at radius 1 is 0.944 bits per heavy atom. The molecule has 0 aliphatic carbocycles. The third kappa shape index (κ3) is 7.92. The van der Waals surface area contributed by atoms with E-state index >= 15 is 0 Å². The first-order valence-electron chi connectivity index (χ1n) is 7.33. The van der Waals surface area contributed by atoms with E-state index in [0.717, 1.165) is 13.2 Å². The van der Waals surface area contributed by atoms with Crippen LogP contribution >= 0.6 is 0 Å². The molecule has 0 amide bonds. The molecule has 0 N–H and O–H groups in total. The van der Waals surface area contributed by atoms with Gasteiger partial charge in [0.1, 0.15) is 0 Å². The summed E-state index contributed by atoms with van der Waals surface area (Å²) in [4.78, 5) is 7.52. The number of nitrogens with zero attached hydrogens (tertiary/aromatic N) is 2. The summed E-state index contributed by atoms with van der Waals surface area (Å²) < 4.78 is 7.08. The average Bonchev–Trinajstić information content (AvgIpc) is 2.40. The molecule has 1 aliphatic heterocycles. The van der Waals surface area contributed by atoms with Gasteiger partial charge in [0.15, 0.2) is 0 Å². The van der Waals surface area contributed by atoms with Crippen LogP contribution in [-0.4, -0.2) is 71.6 Å². The van der Waals surface area contributed by atoms with E-state index in [1.54, 1.807) is 0 Å². The quantitative estimate of drug-likeness (QED) is 0.266. The Morgan fingerprint density at radius 2 is 1.56 bits per heavy atom. The fourth-order valence-electron chi connectivity index (χ4n) is 2.34. The molecule has 0 spiro atoms. The Morgan fingerprint density at radius 3 is 2.17 bits per heavy atom. The van der Waals surface area contributed by atoms with E-state index in [1.165, 1.54) is 63.0 Å². The van der Waals surface area contributed by atoms with Crippen LogP contribution in [0.15, 0.2) is 0 Å². The summed E-state index contributed by atoms with van der Waals surface area (Å²) in [5.41, 5.74) is 0. The van der Waals surface area contributed by atoms with E-state index in [-0.39, 0.29) is 0 Å². The minimum absolute atomic E-state index is 0.470. The van der Waals surface area contributed by atoms with Crippen LogP contribution in [0.5, 0.6) is 0 Å². The Balaban J connectivity index is 1.88. The van der Waals surface area contributed by atoms with Crippen molar-refractivity contribution in [1.82, 2.24) is 9.80 Å². The predicted molar refractivity (Wildman–Crippen MR) is 74.0 cm³/mol. The Labute approximate surface area is 123 Å². The third-order valence-electron chi connectivity index (χ3n) is 3.38. The second-order valence-corrected chi connectivity index (χ2v) is 7.56. The van der Waals surface area contributed by atoms with Crippen LogP contribution in [0.1, 0.15) is 26.2 Å². The topological polar surface area (TPSA) is 15.7 Å². The van der Waals surface area contributed by atoms with Gasteiger partial charge in [-0.1, -0.05) is 6.92 Å². The summed E-state index contributed by atoms with van der Waals surface area (Å²) in [5, 5.41) is 0. The molecule has 0 saturated carbocycles. The van der Waals surface area contributed by atoms with Gasteiger partial charge in [0, 0.05) is 0 Å². The van der Waals surface area contributed by atoms with Crippen molar-refractivity contribution in [1.29, 1.82) is 0 Å². The van der Waals surface area contributed by atoms with Gasteiger partial charge in [0.2, 0.25) is 0 Å². The van der Waals surface area contributed by atoms with Crippen molar-refractivity contribution in [2.24, 2.45) is 0 Å². The molecule has 1 saturated heterocycles. The summed E-state index contributed by atoms with van der Waals surface area (Å²) in [7, 11) is 0. The van der Waals surface area contributed by atoms with Crippen LogP contribution in [0.4, 0.5) is 0 Å². The predicted octanol–water partition coefficient (Wildman–Crippen LogP) is -1.47. The molecule has 0 unspecified atom stereocenters. The first-order chi connectivity index (χ1) is 8.86. The molecule has 3 nitrogen and oxygen atoms in total. The minimum atomic E-state index is 0.470. The average molecular weight is 369 g/mol. The van der Waals surface area contributed by atoms with Crippen molar-refractivity contribution < 1.29 is 25.9 Å². The zero-order valence-corrected chi connectivity index (χ0v) is 14.3. The van der Waals surface area contributed by atoms with Gasteiger partial charge in [-0.2, -0.15) is 0 Å². The molecule has 1 fully saturated rings. The number of alkyl halides is 2. The fraction of sp³-hybridized carbons (Fsp3) is 1.00. The SMILES string of the molecule is CCCN1CCN(CCCOCCC[I-]C)CC1. The van der Waals surface area contributed by atoms with Crippen LogP contribution in [0.3, 0.4) is 0 Å². The van der Waals surface area contributed by atoms with Gasteiger partial charge < -0.3 is 0 Å². The molecule has 0 bridgehead atoms. The van der Waals surface area contributed by atoms with Crippen molar-refractivity contribution in [3.8, 4) is 0 Å². The summed E-state index contributed by atoms with van der Waals surface area (Å²) >= 11 is 0.470. The number of halogens is 1. The number of rotatable bonds is 10. The maximum absolute atomic E-state index is 5.67. The second-order valence-electron chi connectivity index (χ2n) is 4.96. The normalized spacial score (nSPS) is 18.6. The van der Waals surface area contributed by atoms with E-state index in [0.29, 0.717) is 21.2 Å². The molecule has 0 aromatic rings. The number of hydrogen-bond donors (Lipinski definition) is 0. The van der Waals surface area contributed by atoms with Crippen molar-refractivity contribution in [3.63, 3.8) is 0 Å². The summed E-state index contributed by atoms with van der Waals surface area (Å²) in [6.45, 7) is 11.7. The summed E-state index contributed by atoms with van der Waals surface area (Å²) in [6, 6.07) is 0. The van der Waals surface area contributed by atoms with Crippen LogP contribution in [0.2, 0.25) is 0 Å². The molecule has 0 radical (unpaired) electrons. The third-order valence-corrected chi connectivity index (χ3v) is 5.22. The standard InChI is InChI=1S/C14H30IN2O/c1-3-7-16-9-11-17(12-10-16)8-5-14-18-13-4-6-15-2/h3-14H2,1-2H3/q-1. The van der Waals surface area contributed by atoms with Crippen molar-refractivity contribution in [2.75, 3.05) is 61.8 Å². The maximum atomic E-state index is 5.67. The van der Waals surface area contributed by atoms with E-state index in [4.69, 9.17) is 4.74 Å². The van der Waals surface area contributed by atoms with E-state index in [2.05, 4.69) is 21.7 Å². The first-order valence-corrected chi connectivity index (χ1v) is 11.0. The number of hydrogen-bond acceptors (Lipinski definition) is 3. The molecule has 0 atom stereocenters. The molecule has 0 aromatic heterocycles. The monoisotopic (exact) mass is 369 g/mol. The van der Waals surface area contributed by atoms with Gasteiger partial charge in [-0.25, -0.2) is 0 Å². The molecule has 1 rings (SSSR count). The zero-order valence-electron chi connectivity index (χ0n) is 12.2. The molecule has 0 aromatic carbocycles. The number of ether oxygens (including phenoxy) is 1. The molecular formula is C14H30IN2O-. The van der Waals surface area contributed by atoms with Gasteiger partial charge in [-0.3, -0.25) is 0 Å². The molecular weight excluding hydrogens is 339 g/mol. The molecule has 18 heavy (non-hydrogen) atoms. The fourth-order valence-corrected chi connectivity index (χ4v) is 3.41. The zero-order chi connectivity index (χ0) is 13.1. The number of piperazine rings is 1. The van der Waals surface area contributed by atoms with Gasteiger partial charge in [0.25, 0.3) is 0 Å². The Kier molecular flexibility index (Phi) is 10.6. The molecule has 1 aliphatic rings. The van der Waals surface area contributed by atoms with Crippen LogP contribution in [0.25, 0.3) is 0 Å². The summed E-state index contributed by atoms with van der Waals surface area (Å²) in [6.07, 6.45) is 3.77.